The topological polar surface area (TPSA) is 44.8 Å². The van der Waals surface area contributed by atoms with E-state index in [1.807, 2.05) is 0 Å². The Morgan fingerprint density at radius 1 is 1.44 bits per heavy atom. The lowest BCUT2D eigenvalue weighted by Crippen LogP contribution is -2.60. The van der Waals surface area contributed by atoms with Gasteiger partial charge in [0, 0.05) is 0 Å². The van der Waals surface area contributed by atoms with Crippen molar-refractivity contribution in [2.24, 2.45) is 0 Å². The van der Waals surface area contributed by atoms with E-state index in [-0.39, 0.29) is 5.57 Å². The summed E-state index contributed by atoms with van der Waals surface area (Å²) in [6, 6.07) is 0. The van der Waals surface area contributed by atoms with Crippen molar-refractivity contribution in [3.63, 3.8) is 0 Å². The number of hydrogen-bond donors (Lipinski definition) is 0. The van der Waals surface area contributed by atoms with Gasteiger partial charge >= 0.3 is 24.0 Å². The van der Waals surface area contributed by atoms with E-state index in [9.17, 15) is 26.7 Å². The van der Waals surface area contributed by atoms with Crippen molar-refractivity contribution in [3.8, 4) is 0 Å². The van der Waals surface area contributed by atoms with Crippen LogP contribution in [-0.2, 0) is 14.2 Å². The van der Waals surface area contributed by atoms with Gasteiger partial charge in [-0.05, 0) is 6.92 Å². The van der Waals surface area contributed by atoms with Crippen molar-refractivity contribution in [2.75, 3.05) is 13.2 Å². The molecule has 1 unspecified atom stereocenters. The molecule has 1 fully saturated rings. The molecule has 104 valence electrons. The molecule has 0 radical (unpaired) electrons. The van der Waals surface area contributed by atoms with Gasteiger partial charge in [-0.2, -0.15) is 22.0 Å². The van der Waals surface area contributed by atoms with Gasteiger partial charge in [-0.3, -0.25) is 0 Å². The summed E-state index contributed by atoms with van der Waals surface area (Å²) in [6.45, 7) is 2.63. The first-order chi connectivity index (χ1) is 8.02. The predicted octanol–water partition coefficient (Wildman–Crippen LogP) is 2.64. The van der Waals surface area contributed by atoms with Gasteiger partial charge in [0.25, 0.3) is 0 Å². The number of alkyl halides is 5. The molecule has 0 aromatic rings. The Morgan fingerprint density at radius 2 is 2.00 bits per heavy atom. The lowest BCUT2D eigenvalue weighted by molar-refractivity contribution is -0.392. The van der Waals surface area contributed by atoms with Crippen molar-refractivity contribution < 1.29 is 41.0 Å². The number of cyclic esters (lactones) is 2. The van der Waals surface area contributed by atoms with Crippen LogP contribution >= 0.6 is 0 Å². The first kappa shape index (κ1) is 14.7. The highest BCUT2D eigenvalue weighted by Crippen LogP contribution is 2.48. The number of halogens is 5. The van der Waals surface area contributed by atoms with Crippen LogP contribution in [0, 0.1) is 0 Å². The Labute approximate surface area is 98.3 Å². The quantitative estimate of drug-likeness (QED) is 0.450. The molecule has 1 aliphatic heterocycles. The van der Waals surface area contributed by atoms with Gasteiger partial charge in [-0.15, -0.1) is 0 Å². The summed E-state index contributed by atoms with van der Waals surface area (Å²) >= 11 is 0. The summed E-state index contributed by atoms with van der Waals surface area (Å²) in [5, 5.41) is 0. The normalized spacial score (nSPS) is 24.7. The first-order valence-corrected chi connectivity index (χ1v) is 4.60. The third-order valence-corrected chi connectivity index (χ3v) is 2.01. The van der Waals surface area contributed by atoms with E-state index >= 15 is 0 Å². The fourth-order valence-corrected chi connectivity index (χ4v) is 1.12. The van der Waals surface area contributed by atoms with E-state index in [4.69, 9.17) is 0 Å². The molecule has 0 N–H and O–H groups in total. The Bertz CT molecular complexity index is 364. The molecule has 18 heavy (non-hydrogen) atoms. The van der Waals surface area contributed by atoms with Gasteiger partial charge in [-0.25, -0.2) is 4.79 Å². The molecule has 0 aromatic heterocycles. The molecular formula is C9H9F5O4. The zero-order chi connectivity index (χ0) is 14.2. The van der Waals surface area contributed by atoms with Gasteiger partial charge < -0.3 is 14.2 Å². The fourth-order valence-electron chi connectivity index (χ4n) is 1.12. The average Bonchev–Trinajstić information content (AvgIpc) is 2.57. The molecule has 0 spiro atoms. The molecule has 0 amide bonds. The van der Waals surface area contributed by atoms with Crippen LogP contribution in [0.25, 0.3) is 0 Å². The lowest BCUT2D eigenvalue weighted by Gasteiger charge is -2.33. The first-order valence-electron chi connectivity index (χ1n) is 4.60. The van der Waals surface area contributed by atoms with E-state index in [1.165, 1.54) is 6.92 Å². The number of hydrogen-bond acceptors (Lipinski definition) is 4. The minimum Gasteiger partial charge on any atom is -0.427 e. The van der Waals surface area contributed by atoms with E-state index < -0.39 is 37.3 Å². The maximum Gasteiger partial charge on any atom is 0.511 e. The Morgan fingerprint density at radius 3 is 2.33 bits per heavy atom. The SMILES string of the molecule is C=C(C)COC1(C(F)(F)C(F)(F)F)COC(=O)O1. The van der Waals surface area contributed by atoms with Crippen LogP contribution in [0.2, 0.25) is 0 Å². The maximum absolute atomic E-state index is 13.3. The molecule has 0 bridgehead atoms. The van der Waals surface area contributed by atoms with E-state index in [0.29, 0.717) is 0 Å². The number of carbonyl (C=O) groups excluding carboxylic acids is 1. The van der Waals surface area contributed by atoms with Crippen LogP contribution in [0.5, 0.6) is 0 Å². The molecule has 0 aliphatic carbocycles. The van der Waals surface area contributed by atoms with Crippen LogP contribution in [0.4, 0.5) is 26.7 Å². The summed E-state index contributed by atoms with van der Waals surface area (Å²) in [4.78, 5) is 10.6. The second-order valence-corrected chi connectivity index (χ2v) is 3.71. The minimum absolute atomic E-state index is 0.176. The third kappa shape index (κ3) is 2.40. The smallest absolute Gasteiger partial charge is 0.427 e. The van der Waals surface area contributed by atoms with Crippen molar-refractivity contribution >= 4 is 6.16 Å². The van der Waals surface area contributed by atoms with E-state index in [0.717, 1.165) is 0 Å². The average molecular weight is 276 g/mol. The summed E-state index contributed by atoms with van der Waals surface area (Å²) in [7, 11) is 0. The molecule has 4 nitrogen and oxygen atoms in total. The zero-order valence-electron chi connectivity index (χ0n) is 9.14. The monoisotopic (exact) mass is 276 g/mol. The van der Waals surface area contributed by atoms with Crippen LogP contribution in [0.15, 0.2) is 12.2 Å². The molecule has 0 aromatic carbocycles. The number of carbonyl (C=O) groups is 1. The number of rotatable bonds is 4. The van der Waals surface area contributed by atoms with Gasteiger partial charge in [0.15, 0.2) is 6.61 Å². The summed E-state index contributed by atoms with van der Waals surface area (Å²) < 4.78 is 75.7. The highest BCUT2D eigenvalue weighted by Gasteiger charge is 2.76. The molecule has 1 heterocycles. The van der Waals surface area contributed by atoms with Gasteiger partial charge in [0.05, 0.1) is 6.61 Å². The zero-order valence-corrected chi connectivity index (χ0v) is 9.14. The molecule has 1 aliphatic rings. The number of ether oxygens (including phenoxy) is 3. The van der Waals surface area contributed by atoms with Crippen molar-refractivity contribution in [3.05, 3.63) is 12.2 Å². The summed E-state index contributed by atoms with van der Waals surface area (Å²) in [5.74, 6) is -8.91. The lowest BCUT2D eigenvalue weighted by atomic mass is 10.1. The van der Waals surface area contributed by atoms with Crippen LogP contribution in [-0.4, -0.2) is 37.3 Å². The standard InChI is InChI=1S/C9H9F5O4/c1-5(2)3-17-7(4-16-6(15)18-7)8(10,11)9(12,13)14/h1,3-4H2,2H3. The minimum atomic E-state index is -5.95. The largest absolute Gasteiger partial charge is 0.511 e. The predicted molar refractivity (Wildman–Crippen MR) is 46.9 cm³/mol. The molecule has 1 atom stereocenters. The highest BCUT2D eigenvalue weighted by atomic mass is 19.4. The fraction of sp³-hybridized carbons (Fsp3) is 0.667. The van der Waals surface area contributed by atoms with Gasteiger partial charge in [-0.1, -0.05) is 12.2 Å². The van der Waals surface area contributed by atoms with E-state index in [2.05, 4.69) is 20.8 Å². The van der Waals surface area contributed by atoms with Crippen molar-refractivity contribution in [1.82, 2.24) is 0 Å². The van der Waals surface area contributed by atoms with E-state index in [1.54, 1.807) is 0 Å². The maximum atomic E-state index is 13.3. The third-order valence-electron chi connectivity index (χ3n) is 2.01. The molecule has 1 saturated heterocycles. The molecule has 1 rings (SSSR count). The van der Waals surface area contributed by atoms with Crippen LogP contribution in [0.1, 0.15) is 6.92 Å². The van der Waals surface area contributed by atoms with Crippen molar-refractivity contribution in [2.45, 2.75) is 24.8 Å². The Balaban J connectivity index is 3.05. The van der Waals surface area contributed by atoms with Crippen molar-refractivity contribution in [1.29, 1.82) is 0 Å². The Hall–Kier alpha value is -1.38. The van der Waals surface area contributed by atoms with Crippen LogP contribution in [0.3, 0.4) is 0 Å². The summed E-state index contributed by atoms with van der Waals surface area (Å²) in [5.41, 5.74) is 0.176. The van der Waals surface area contributed by atoms with Gasteiger partial charge in [0.2, 0.25) is 0 Å². The molecule has 0 saturated carbocycles. The molecule has 9 heteroatoms. The Kier molecular flexibility index (Phi) is 3.57. The molecular weight excluding hydrogens is 267 g/mol. The second-order valence-electron chi connectivity index (χ2n) is 3.71. The van der Waals surface area contributed by atoms with Gasteiger partial charge in [0.1, 0.15) is 0 Å². The highest BCUT2D eigenvalue weighted by molar-refractivity contribution is 5.62. The van der Waals surface area contributed by atoms with Crippen LogP contribution < -0.4 is 0 Å². The second kappa shape index (κ2) is 4.38. The summed E-state index contributed by atoms with van der Waals surface area (Å²) in [6.07, 6.45) is -7.60.